The molecule has 0 saturated carbocycles. The van der Waals surface area contributed by atoms with E-state index in [1.807, 2.05) is 17.8 Å². The molecule has 0 saturated heterocycles. The molecule has 0 aliphatic carbocycles. The molecule has 0 fully saturated rings. The van der Waals surface area contributed by atoms with E-state index in [1.165, 1.54) is 0 Å². The standard InChI is InChI=1S/C10H12BrN3S/c1-14-3-2-13-10(14)5-8(12)7-4-9(11)15-6-7/h2-4,6,8H,5,12H2,1H3. The van der Waals surface area contributed by atoms with Crippen LogP contribution in [0.3, 0.4) is 0 Å². The van der Waals surface area contributed by atoms with Crippen LogP contribution in [0.5, 0.6) is 0 Å². The zero-order chi connectivity index (χ0) is 10.8. The van der Waals surface area contributed by atoms with Crippen LogP contribution < -0.4 is 5.73 Å². The predicted octanol–water partition coefficient (Wildman–Crippen LogP) is 2.49. The molecule has 5 heteroatoms. The van der Waals surface area contributed by atoms with E-state index in [0.717, 1.165) is 21.6 Å². The van der Waals surface area contributed by atoms with Crippen LogP contribution in [0.4, 0.5) is 0 Å². The van der Waals surface area contributed by atoms with E-state index in [0.29, 0.717) is 0 Å². The summed E-state index contributed by atoms with van der Waals surface area (Å²) in [5, 5.41) is 2.08. The van der Waals surface area contributed by atoms with Crippen molar-refractivity contribution < 1.29 is 0 Å². The van der Waals surface area contributed by atoms with Gasteiger partial charge >= 0.3 is 0 Å². The number of hydrogen-bond donors (Lipinski definition) is 1. The van der Waals surface area contributed by atoms with Gasteiger partial charge in [-0.25, -0.2) is 4.98 Å². The Morgan fingerprint density at radius 1 is 1.67 bits per heavy atom. The molecule has 0 aromatic carbocycles. The van der Waals surface area contributed by atoms with Crippen LogP contribution in [0.2, 0.25) is 0 Å². The predicted molar refractivity (Wildman–Crippen MR) is 65.9 cm³/mol. The number of nitrogens with zero attached hydrogens (tertiary/aromatic N) is 2. The number of rotatable bonds is 3. The lowest BCUT2D eigenvalue weighted by molar-refractivity contribution is 0.661. The fourth-order valence-corrected chi connectivity index (χ4v) is 2.67. The molecular formula is C10H12BrN3S. The minimum atomic E-state index is 0.0219. The van der Waals surface area contributed by atoms with Crippen LogP contribution in [-0.4, -0.2) is 9.55 Å². The number of halogens is 1. The van der Waals surface area contributed by atoms with Gasteiger partial charge in [-0.15, -0.1) is 11.3 Å². The van der Waals surface area contributed by atoms with Gasteiger partial charge in [-0.2, -0.15) is 0 Å². The molecule has 80 valence electrons. The van der Waals surface area contributed by atoms with Crippen molar-refractivity contribution >= 4 is 27.3 Å². The van der Waals surface area contributed by atoms with Crippen molar-refractivity contribution in [2.45, 2.75) is 12.5 Å². The number of aromatic nitrogens is 2. The molecule has 0 spiro atoms. The molecule has 2 rings (SSSR count). The highest BCUT2D eigenvalue weighted by Gasteiger charge is 2.11. The van der Waals surface area contributed by atoms with Gasteiger partial charge in [-0.1, -0.05) is 0 Å². The van der Waals surface area contributed by atoms with Crippen molar-refractivity contribution in [3.63, 3.8) is 0 Å². The van der Waals surface area contributed by atoms with Crippen molar-refractivity contribution in [1.29, 1.82) is 0 Å². The van der Waals surface area contributed by atoms with Gasteiger partial charge < -0.3 is 10.3 Å². The monoisotopic (exact) mass is 285 g/mol. The zero-order valence-electron chi connectivity index (χ0n) is 8.35. The summed E-state index contributed by atoms with van der Waals surface area (Å²) < 4.78 is 3.12. The molecule has 0 amide bonds. The molecule has 0 aliphatic heterocycles. The van der Waals surface area contributed by atoms with E-state index in [2.05, 4.69) is 32.4 Å². The fourth-order valence-electron chi connectivity index (χ4n) is 1.43. The Hall–Kier alpha value is -0.650. The number of nitrogens with two attached hydrogens (primary N) is 1. The van der Waals surface area contributed by atoms with Crippen LogP contribution in [0.25, 0.3) is 0 Å². The van der Waals surface area contributed by atoms with Gasteiger partial charge in [0.05, 0.1) is 3.79 Å². The van der Waals surface area contributed by atoms with Crippen LogP contribution in [0, 0.1) is 0 Å². The van der Waals surface area contributed by atoms with E-state index in [4.69, 9.17) is 5.73 Å². The molecule has 2 aromatic rings. The zero-order valence-corrected chi connectivity index (χ0v) is 10.8. The van der Waals surface area contributed by atoms with Gasteiger partial charge in [0.2, 0.25) is 0 Å². The summed E-state index contributed by atoms with van der Waals surface area (Å²) in [6.07, 6.45) is 4.50. The second-order valence-corrected chi connectivity index (χ2v) is 5.74. The first-order valence-electron chi connectivity index (χ1n) is 4.62. The Balaban J connectivity index is 2.10. The second-order valence-electron chi connectivity index (χ2n) is 3.45. The average molecular weight is 286 g/mol. The lowest BCUT2D eigenvalue weighted by Crippen LogP contribution is -2.14. The minimum Gasteiger partial charge on any atom is -0.338 e. The SMILES string of the molecule is Cn1ccnc1CC(N)c1csc(Br)c1. The van der Waals surface area contributed by atoms with E-state index >= 15 is 0 Å². The third kappa shape index (κ3) is 2.48. The number of hydrogen-bond acceptors (Lipinski definition) is 3. The molecule has 0 aliphatic rings. The highest BCUT2D eigenvalue weighted by atomic mass is 79.9. The summed E-state index contributed by atoms with van der Waals surface area (Å²) >= 11 is 5.09. The second kappa shape index (κ2) is 4.47. The molecule has 2 aromatic heterocycles. The van der Waals surface area contributed by atoms with Crippen LogP contribution >= 0.6 is 27.3 Å². The summed E-state index contributed by atoms with van der Waals surface area (Å²) in [7, 11) is 1.98. The molecule has 15 heavy (non-hydrogen) atoms. The van der Waals surface area contributed by atoms with Crippen molar-refractivity contribution in [2.24, 2.45) is 12.8 Å². The van der Waals surface area contributed by atoms with Gasteiger partial charge in [0.1, 0.15) is 5.82 Å². The highest BCUT2D eigenvalue weighted by molar-refractivity contribution is 9.11. The van der Waals surface area contributed by atoms with Crippen molar-refractivity contribution in [3.8, 4) is 0 Å². The molecule has 1 unspecified atom stereocenters. The maximum atomic E-state index is 6.10. The number of thiophene rings is 1. The third-order valence-corrected chi connectivity index (χ3v) is 3.86. The Morgan fingerprint density at radius 3 is 3.00 bits per heavy atom. The summed E-state index contributed by atoms with van der Waals surface area (Å²) in [6.45, 7) is 0. The van der Waals surface area contributed by atoms with Gasteiger partial charge in [0.15, 0.2) is 0 Å². The van der Waals surface area contributed by atoms with Gasteiger partial charge in [-0.05, 0) is 32.9 Å². The van der Waals surface area contributed by atoms with E-state index < -0.39 is 0 Å². The fraction of sp³-hybridized carbons (Fsp3) is 0.300. The maximum Gasteiger partial charge on any atom is 0.110 e. The summed E-state index contributed by atoms with van der Waals surface area (Å²) in [5.74, 6) is 1.02. The normalized spacial score (nSPS) is 13.0. The first kappa shape index (κ1) is 10.9. The highest BCUT2D eigenvalue weighted by Crippen LogP contribution is 2.25. The van der Waals surface area contributed by atoms with Crippen LogP contribution in [0.15, 0.2) is 27.6 Å². The first-order valence-corrected chi connectivity index (χ1v) is 6.30. The maximum absolute atomic E-state index is 6.10. The van der Waals surface area contributed by atoms with E-state index in [1.54, 1.807) is 17.5 Å². The van der Waals surface area contributed by atoms with Gasteiger partial charge in [-0.3, -0.25) is 0 Å². The molecule has 2 heterocycles. The lowest BCUT2D eigenvalue weighted by atomic mass is 10.1. The van der Waals surface area contributed by atoms with Crippen LogP contribution in [0.1, 0.15) is 17.4 Å². The van der Waals surface area contributed by atoms with E-state index in [-0.39, 0.29) is 6.04 Å². The van der Waals surface area contributed by atoms with Gasteiger partial charge in [0, 0.05) is 31.9 Å². The van der Waals surface area contributed by atoms with Crippen molar-refractivity contribution in [1.82, 2.24) is 9.55 Å². The number of aryl methyl sites for hydroxylation is 1. The van der Waals surface area contributed by atoms with E-state index in [9.17, 15) is 0 Å². The Kier molecular flexibility index (Phi) is 3.23. The molecule has 3 nitrogen and oxygen atoms in total. The van der Waals surface area contributed by atoms with Crippen molar-refractivity contribution in [2.75, 3.05) is 0 Å². The smallest absolute Gasteiger partial charge is 0.110 e. The van der Waals surface area contributed by atoms with Crippen molar-refractivity contribution in [3.05, 3.63) is 39.0 Å². The molecule has 1 atom stereocenters. The Morgan fingerprint density at radius 2 is 2.47 bits per heavy atom. The van der Waals surface area contributed by atoms with Crippen LogP contribution in [-0.2, 0) is 13.5 Å². The summed E-state index contributed by atoms with van der Waals surface area (Å²) in [5.41, 5.74) is 7.26. The lowest BCUT2D eigenvalue weighted by Gasteiger charge is -2.09. The molecule has 2 N–H and O–H groups in total. The molecule has 0 bridgehead atoms. The molecular weight excluding hydrogens is 274 g/mol. The average Bonchev–Trinajstić information content (AvgIpc) is 2.77. The number of imidazole rings is 1. The first-order chi connectivity index (χ1) is 7.16. The Labute approximate surface area is 101 Å². The largest absolute Gasteiger partial charge is 0.338 e. The quantitative estimate of drug-likeness (QED) is 0.942. The van der Waals surface area contributed by atoms with Gasteiger partial charge in [0.25, 0.3) is 0 Å². The summed E-state index contributed by atoms with van der Waals surface area (Å²) in [4.78, 5) is 4.26. The minimum absolute atomic E-state index is 0.0219. The Bertz CT molecular complexity index is 449. The summed E-state index contributed by atoms with van der Waals surface area (Å²) in [6, 6.07) is 2.09. The topological polar surface area (TPSA) is 43.8 Å². The molecule has 0 radical (unpaired) electrons. The third-order valence-electron chi connectivity index (χ3n) is 2.34.